The molecule has 0 saturated carbocycles. The second-order valence-corrected chi connectivity index (χ2v) is 6.58. The zero-order chi connectivity index (χ0) is 17.1. The van der Waals surface area contributed by atoms with Gasteiger partial charge >= 0.3 is 0 Å². The topological polar surface area (TPSA) is 59.4 Å². The molecule has 6 nitrogen and oxygen atoms in total. The fourth-order valence-electron chi connectivity index (χ4n) is 2.76. The summed E-state index contributed by atoms with van der Waals surface area (Å²) < 4.78 is 7.45. The van der Waals surface area contributed by atoms with Crippen molar-refractivity contribution in [2.24, 2.45) is 13.0 Å². The monoisotopic (exact) mass is 328 g/mol. The third-order valence-corrected chi connectivity index (χ3v) is 3.97. The Bertz CT molecular complexity index is 711. The van der Waals surface area contributed by atoms with Crippen molar-refractivity contribution in [1.82, 2.24) is 9.78 Å². The maximum absolute atomic E-state index is 12.6. The van der Waals surface area contributed by atoms with E-state index in [9.17, 15) is 4.79 Å². The maximum atomic E-state index is 12.6. The maximum Gasteiger partial charge on any atom is 0.249 e. The smallest absolute Gasteiger partial charge is 0.249 e. The fraction of sp³-hybridized carbons (Fsp3) is 0.444. The largest absolute Gasteiger partial charge is 0.493 e. The molecule has 0 spiro atoms. The Kier molecular flexibility index (Phi) is 4.74. The van der Waals surface area contributed by atoms with Crippen molar-refractivity contribution in [2.75, 3.05) is 23.4 Å². The van der Waals surface area contributed by atoms with Gasteiger partial charge in [0.05, 0.1) is 18.5 Å². The summed E-state index contributed by atoms with van der Waals surface area (Å²) in [7, 11) is 1.85. The summed E-state index contributed by atoms with van der Waals surface area (Å²) in [6, 6.07) is 7.57. The Labute approximate surface area is 142 Å². The Hall–Kier alpha value is -2.50. The van der Waals surface area contributed by atoms with Gasteiger partial charge in [0.25, 0.3) is 0 Å². The molecule has 0 bridgehead atoms. The number of ether oxygens (including phenoxy) is 1. The lowest BCUT2D eigenvalue weighted by molar-refractivity contribution is -0.117. The van der Waals surface area contributed by atoms with Crippen LogP contribution in [0, 0.1) is 5.92 Å². The number of amides is 1. The third kappa shape index (κ3) is 3.69. The van der Waals surface area contributed by atoms with E-state index in [4.69, 9.17) is 4.74 Å². The van der Waals surface area contributed by atoms with Crippen LogP contribution in [0.3, 0.4) is 0 Å². The normalized spacial score (nSPS) is 17.6. The molecular weight excluding hydrogens is 304 g/mol. The van der Waals surface area contributed by atoms with Gasteiger partial charge in [-0.2, -0.15) is 5.10 Å². The number of nitrogens with one attached hydrogen (secondary N) is 1. The van der Waals surface area contributed by atoms with Gasteiger partial charge in [0.2, 0.25) is 5.91 Å². The molecule has 0 unspecified atom stereocenters. The third-order valence-electron chi connectivity index (χ3n) is 3.97. The van der Waals surface area contributed by atoms with E-state index in [0.717, 1.165) is 23.5 Å². The van der Waals surface area contributed by atoms with E-state index in [2.05, 4.69) is 24.3 Å². The molecule has 6 heteroatoms. The minimum atomic E-state index is -0.217. The molecule has 2 aromatic rings. The molecule has 1 aromatic heterocycles. The molecule has 24 heavy (non-hydrogen) atoms. The molecule has 0 radical (unpaired) electrons. The van der Waals surface area contributed by atoms with Crippen molar-refractivity contribution in [3.8, 4) is 5.75 Å². The first-order valence-electron chi connectivity index (χ1n) is 8.32. The number of benzene rings is 1. The number of carbonyl (C=O) groups is 1. The van der Waals surface area contributed by atoms with Crippen LogP contribution in [0.1, 0.15) is 20.3 Å². The fourth-order valence-corrected chi connectivity index (χ4v) is 2.76. The highest BCUT2D eigenvalue weighted by Gasteiger charge is 2.33. The first-order valence-corrected chi connectivity index (χ1v) is 8.32. The molecule has 3 rings (SSSR count). The van der Waals surface area contributed by atoms with Gasteiger partial charge in [-0.3, -0.25) is 9.48 Å². The summed E-state index contributed by atoms with van der Waals surface area (Å²) in [6.45, 7) is 5.62. The second kappa shape index (κ2) is 6.95. The van der Waals surface area contributed by atoms with Crippen LogP contribution in [0.25, 0.3) is 0 Å². The summed E-state index contributed by atoms with van der Waals surface area (Å²) in [5, 5.41) is 7.46. The van der Waals surface area contributed by atoms with Crippen molar-refractivity contribution in [2.45, 2.75) is 26.3 Å². The summed E-state index contributed by atoms with van der Waals surface area (Å²) in [4.78, 5) is 14.4. The van der Waals surface area contributed by atoms with Crippen molar-refractivity contribution < 1.29 is 9.53 Å². The number of hydrogen-bond acceptors (Lipinski definition) is 4. The molecule has 1 aliphatic rings. The van der Waals surface area contributed by atoms with Crippen LogP contribution in [0.5, 0.6) is 5.75 Å². The molecule has 1 atom stereocenters. The average Bonchev–Trinajstić information content (AvgIpc) is 3.12. The number of hydrogen-bond donors (Lipinski definition) is 1. The predicted octanol–water partition coefficient (Wildman–Crippen LogP) is 2.67. The molecule has 0 aliphatic carbocycles. The zero-order valence-corrected chi connectivity index (χ0v) is 14.4. The Morgan fingerprint density at radius 1 is 1.42 bits per heavy atom. The van der Waals surface area contributed by atoms with Crippen LogP contribution in [0.15, 0.2) is 36.7 Å². The Morgan fingerprint density at radius 2 is 2.25 bits per heavy atom. The molecule has 1 saturated heterocycles. The Balaban J connectivity index is 1.64. The van der Waals surface area contributed by atoms with Gasteiger partial charge in [0, 0.05) is 31.5 Å². The number of aromatic nitrogens is 2. The van der Waals surface area contributed by atoms with E-state index in [1.165, 1.54) is 0 Å². The first-order chi connectivity index (χ1) is 11.5. The lowest BCUT2D eigenvalue weighted by Crippen LogP contribution is -2.33. The molecule has 128 valence electrons. The minimum absolute atomic E-state index is 0.0801. The van der Waals surface area contributed by atoms with Crippen LogP contribution in [0.2, 0.25) is 0 Å². The van der Waals surface area contributed by atoms with Gasteiger partial charge in [0.15, 0.2) is 0 Å². The van der Waals surface area contributed by atoms with Gasteiger partial charge in [-0.05, 0) is 24.5 Å². The number of nitrogens with zero attached hydrogens (tertiary/aromatic N) is 3. The Morgan fingerprint density at radius 3 is 2.96 bits per heavy atom. The number of anilines is 2. The number of rotatable bonds is 6. The molecule has 1 aromatic carbocycles. The highest BCUT2D eigenvalue weighted by molar-refractivity contribution is 6.00. The van der Waals surface area contributed by atoms with E-state index in [-0.39, 0.29) is 11.9 Å². The van der Waals surface area contributed by atoms with Gasteiger partial charge in [-0.25, -0.2) is 0 Å². The molecule has 1 amide bonds. The summed E-state index contributed by atoms with van der Waals surface area (Å²) in [5.41, 5.74) is 1.75. The lowest BCUT2D eigenvalue weighted by atomic mass is 10.2. The standard InChI is InChI=1S/C18H24N4O2/c1-13(2)12-24-16-6-4-5-14(9-16)20-17-7-8-22(18(17)23)15-10-19-21(3)11-15/h4-6,9-11,13,17,20H,7-8,12H2,1-3H3/t17-/m0/s1. The molecule has 1 N–H and O–H groups in total. The molecule has 1 aliphatic heterocycles. The van der Waals surface area contributed by atoms with Crippen molar-refractivity contribution in [1.29, 1.82) is 0 Å². The van der Waals surface area contributed by atoms with Crippen molar-refractivity contribution >= 4 is 17.3 Å². The van der Waals surface area contributed by atoms with Crippen LogP contribution in [-0.2, 0) is 11.8 Å². The second-order valence-electron chi connectivity index (χ2n) is 6.58. The van der Waals surface area contributed by atoms with E-state index in [1.54, 1.807) is 15.8 Å². The predicted molar refractivity (Wildman–Crippen MR) is 94.4 cm³/mol. The van der Waals surface area contributed by atoms with Gasteiger partial charge in [-0.15, -0.1) is 0 Å². The highest BCUT2D eigenvalue weighted by atomic mass is 16.5. The van der Waals surface area contributed by atoms with E-state index < -0.39 is 0 Å². The van der Waals surface area contributed by atoms with Crippen LogP contribution in [-0.4, -0.2) is 34.9 Å². The average molecular weight is 328 g/mol. The first kappa shape index (κ1) is 16.4. The summed E-state index contributed by atoms with van der Waals surface area (Å²) >= 11 is 0. The van der Waals surface area contributed by atoms with Crippen LogP contribution in [0.4, 0.5) is 11.4 Å². The molecule has 1 fully saturated rings. The SMILES string of the molecule is CC(C)COc1cccc(N[C@H]2CCN(c3cnn(C)c3)C2=O)c1. The van der Waals surface area contributed by atoms with Gasteiger partial charge < -0.3 is 15.0 Å². The van der Waals surface area contributed by atoms with Gasteiger partial charge in [0.1, 0.15) is 11.8 Å². The summed E-state index contributed by atoms with van der Waals surface area (Å²) in [5.74, 6) is 1.38. The lowest BCUT2D eigenvalue weighted by Gasteiger charge is -2.16. The molecular formula is C18H24N4O2. The zero-order valence-electron chi connectivity index (χ0n) is 14.4. The summed E-state index contributed by atoms with van der Waals surface area (Å²) in [6.07, 6.45) is 4.35. The van der Waals surface area contributed by atoms with E-state index >= 15 is 0 Å². The number of aryl methyl sites for hydroxylation is 1. The van der Waals surface area contributed by atoms with E-state index in [1.807, 2.05) is 37.5 Å². The van der Waals surface area contributed by atoms with E-state index in [0.29, 0.717) is 19.1 Å². The quantitative estimate of drug-likeness (QED) is 0.886. The number of carbonyl (C=O) groups excluding carboxylic acids is 1. The van der Waals surface area contributed by atoms with Gasteiger partial charge in [-0.1, -0.05) is 19.9 Å². The van der Waals surface area contributed by atoms with Crippen LogP contribution < -0.4 is 15.0 Å². The minimum Gasteiger partial charge on any atom is -0.493 e. The van der Waals surface area contributed by atoms with Crippen LogP contribution >= 0.6 is 0 Å². The highest BCUT2D eigenvalue weighted by Crippen LogP contribution is 2.25. The van der Waals surface area contributed by atoms with Crippen molar-refractivity contribution in [3.05, 3.63) is 36.7 Å². The molecule has 2 heterocycles. The van der Waals surface area contributed by atoms with Crippen molar-refractivity contribution in [3.63, 3.8) is 0 Å².